The summed E-state index contributed by atoms with van der Waals surface area (Å²) in [6.45, 7) is 0. The van der Waals surface area contributed by atoms with Gasteiger partial charge in [-0.3, -0.25) is 10.1 Å². The number of rotatable bonds is 4. The topological polar surface area (TPSA) is 124 Å². The van der Waals surface area contributed by atoms with Crippen LogP contribution in [0.5, 0.6) is 0 Å². The third-order valence-corrected chi connectivity index (χ3v) is 2.33. The van der Waals surface area contributed by atoms with Crippen LogP contribution in [-0.2, 0) is 0 Å². The van der Waals surface area contributed by atoms with Gasteiger partial charge in [0.05, 0.1) is 11.1 Å². The van der Waals surface area contributed by atoms with Gasteiger partial charge in [-0.05, 0) is 12.1 Å². The molecule has 3 N–H and O–H groups in total. The van der Waals surface area contributed by atoms with E-state index in [0.717, 1.165) is 0 Å². The molecule has 0 unspecified atom stereocenters. The lowest BCUT2D eigenvalue weighted by atomic mass is 10.1. The zero-order valence-corrected chi connectivity index (χ0v) is 10.1. The predicted octanol–water partition coefficient (Wildman–Crippen LogP) is 1.86. The molecule has 0 saturated carbocycles. The van der Waals surface area contributed by atoms with Crippen LogP contribution >= 0.6 is 0 Å². The summed E-state index contributed by atoms with van der Waals surface area (Å²) in [5, 5.41) is 14.2. The maximum absolute atomic E-state index is 10.7. The van der Waals surface area contributed by atoms with Crippen molar-refractivity contribution in [2.24, 2.45) is 10.8 Å². The first-order chi connectivity index (χ1) is 9.56. The van der Waals surface area contributed by atoms with Gasteiger partial charge in [-0.1, -0.05) is 12.1 Å². The Hall–Kier alpha value is -3.16. The highest BCUT2D eigenvalue weighted by atomic mass is 16.6. The maximum Gasteiger partial charge on any atom is 0.332 e. The van der Waals surface area contributed by atoms with Crippen molar-refractivity contribution in [3.05, 3.63) is 52.3 Å². The first kappa shape index (κ1) is 13.3. The van der Waals surface area contributed by atoms with Gasteiger partial charge in [0.15, 0.2) is 0 Å². The highest BCUT2D eigenvalue weighted by Gasteiger charge is 2.09. The zero-order valence-electron chi connectivity index (χ0n) is 10.1. The fraction of sp³-hybridized carbons (Fsp3) is 0. The summed E-state index contributed by atoms with van der Waals surface area (Å²) in [4.78, 5) is 20.6. The third kappa shape index (κ3) is 3.19. The molecule has 102 valence electrons. The fourth-order valence-corrected chi connectivity index (χ4v) is 1.51. The van der Waals surface area contributed by atoms with Crippen LogP contribution in [0.15, 0.2) is 45.9 Å². The molecule has 0 saturated heterocycles. The number of nitrogens with two attached hydrogens (primary N) is 1. The number of nitrogens with zero attached hydrogens (tertiary/aromatic N) is 2. The normalized spacial score (nSPS) is 10.6. The monoisotopic (exact) mass is 274 g/mol. The van der Waals surface area contributed by atoms with Crippen LogP contribution in [0.3, 0.4) is 0 Å². The summed E-state index contributed by atoms with van der Waals surface area (Å²) in [7, 11) is 0. The van der Waals surface area contributed by atoms with Crippen molar-refractivity contribution in [1.29, 1.82) is 0 Å². The zero-order chi connectivity index (χ0) is 14.5. The number of primary amides is 1. The minimum Gasteiger partial charge on any atom is -0.455 e. The van der Waals surface area contributed by atoms with Crippen molar-refractivity contribution in [1.82, 2.24) is 5.43 Å². The first-order valence-electron chi connectivity index (χ1n) is 5.49. The number of nitro benzene ring substituents is 1. The maximum atomic E-state index is 10.7. The number of hydrogen-bond donors (Lipinski definition) is 2. The number of benzene rings is 1. The van der Waals surface area contributed by atoms with Crippen LogP contribution in [0.25, 0.3) is 11.3 Å². The van der Waals surface area contributed by atoms with Gasteiger partial charge < -0.3 is 10.2 Å². The second kappa shape index (κ2) is 5.65. The van der Waals surface area contributed by atoms with E-state index < -0.39 is 11.0 Å². The van der Waals surface area contributed by atoms with Gasteiger partial charge in [0, 0.05) is 17.7 Å². The van der Waals surface area contributed by atoms with Crippen LogP contribution in [0.2, 0.25) is 0 Å². The van der Waals surface area contributed by atoms with Crippen LogP contribution in [0, 0.1) is 10.1 Å². The number of amides is 2. The van der Waals surface area contributed by atoms with Gasteiger partial charge in [-0.15, -0.1) is 0 Å². The number of hydrogen-bond acceptors (Lipinski definition) is 5. The number of non-ortho nitro benzene ring substituents is 1. The molecule has 0 fully saturated rings. The lowest BCUT2D eigenvalue weighted by molar-refractivity contribution is -0.384. The Bertz CT molecular complexity index is 678. The molecular formula is C12H10N4O4. The molecule has 0 aliphatic carbocycles. The molecule has 20 heavy (non-hydrogen) atoms. The molecule has 0 spiro atoms. The smallest absolute Gasteiger partial charge is 0.332 e. The van der Waals surface area contributed by atoms with Crippen LogP contribution in [0.4, 0.5) is 10.5 Å². The van der Waals surface area contributed by atoms with Crippen LogP contribution < -0.4 is 11.2 Å². The van der Waals surface area contributed by atoms with E-state index in [2.05, 4.69) is 5.10 Å². The number of nitro groups is 1. The van der Waals surface area contributed by atoms with E-state index in [9.17, 15) is 14.9 Å². The molecular weight excluding hydrogens is 264 g/mol. The quantitative estimate of drug-likeness (QED) is 0.501. The Kier molecular flexibility index (Phi) is 3.75. The highest BCUT2D eigenvalue weighted by Crippen LogP contribution is 2.25. The molecule has 2 rings (SSSR count). The van der Waals surface area contributed by atoms with E-state index >= 15 is 0 Å². The minimum absolute atomic E-state index is 0.0236. The van der Waals surface area contributed by atoms with Crippen LogP contribution in [-0.4, -0.2) is 17.2 Å². The molecule has 0 atom stereocenters. The molecule has 2 amide bonds. The Labute approximate surface area is 113 Å². The van der Waals surface area contributed by atoms with E-state index in [-0.39, 0.29) is 5.69 Å². The summed E-state index contributed by atoms with van der Waals surface area (Å²) in [5.41, 5.74) is 7.41. The van der Waals surface area contributed by atoms with Crippen LogP contribution in [0.1, 0.15) is 5.76 Å². The lowest BCUT2D eigenvalue weighted by Crippen LogP contribution is -2.24. The van der Waals surface area contributed by atoms with E-state index in [1.165, 1.54) is 18.3 Å². The van der Waals surface area contributed by atoms with Crippen molar-refractivity contribution in [2.75, 3.05) is 0 Å². The number of carbonyl (C=O) groups excluding carboxylic acids is 1. The second-order valence-electron chi connectivity index (χ2n) is 3.74. The van der Waals surface area contributed by atoms with Gasteiger partial charge >= 0.3 is 6.03 Å². The molecule has 1 aromatic heterocycles. The summed E-state index contributed by atoms with van der Waals surface area (Å²) < 4.78 is 5.42. The lowest BCUT2D eigenvalue weighted by Gasteiger charge is -1.96. The largest absolute Gasteiger partial charge is 0.455 e. The summed E-state index contributed by atoms with van der Waals surface area (Å²) in [5.74, 6) is 0.828. The SMILES string of the molecule is NC(=O)NN=Cc1ccc(-c2cccc([N+](=O)[O-])c2)o1. The molecule has 8 heteroatoms. The van der Waals surface area contributed by atoms with Crippen molar-refractivity contribution in [3.8, 4) is 11.3 Å². The number of carbonyl (C=O) groups is 1. The third-order valence-electron chi connectivity index (χ3n) is 2.33. The van der Waals surface area contributed by atoms with Gasteiger partial charge in [0.2, 0.25) is 0 Å². The molecule has 0 aliphatic rings. The molecule has 0 aliphatic heterocycles. The average molecular weight is 274 g/mol. The first-order valence-corrected chi connectivity index (χ1v) is 5.49. The Morgan fingerprint density at radius 1 is 1.40 bits per heavy atom. The fourth-order valence-electron chi connectivity index (χ4n) is 1.51. The van der Waals surface area contributed by atoms with Crippen molar-refractivity contribution in [3.63, 3.8) is 0 Å². The number of nitrogens with one attached hydrogen (secondary N) is 1. The van der Waals surface area contributed by atoms with Gasteiger partial charge in [-0.2, -0.15) is 5.10 Å². The van der Waals surface area contributed by atoms with Crippen molar-refractivity contribution >= 4 is 17.9 Å². The standard InChI is InChI=1S/C12H10N4O4/c13-12(17)15-14-7-10-4-5-11(20-10)8-2-1-3-9(6-8)16(18)19/h1-7H,(H3,13,15,17). The number of furan rings is 1. The molecule has 0 radical (unpaired) electrons. The molecule has 2 aromatic rings. The van der Waals surface area contributed by atoms with Crippen molar-refractivity contribution < 1.29 is 14.1 Å². The van der Waals surface area contributed by atoms with Gasteiger partial charge in [-0.25, -0.2) is 10.2 Å². The Morgan fingerprint density at radius 3 is 2.90 bits per heavy atom. The van der Waals surface area contributed by atoms with Crippen molar-refractivity contribution in [2.45, 2.75) is 0 Å². The molecule has 1 aromatic carbocycles. The summed E-state index contributed by atoms with van der Waals surface area (Å²) in [6.07, 6.45) is 1.27. The molecule has 8 nitrogen and oxygen atoms in total. The molecule has 0 bridgehead atoms. The van der Waals surface area contributed by atoms with Gasteiger partial charge in [0.25, 0.3) is 5.69 Å². The Balaban J connectivity index is 2.20. The predicted molar refractivity (Wildman–Crippen MR) is 71.1 cm³/mol. The van der Waals surface area contributed by atoms with E-state index in [4.69, 9.17) is 10.2 Å². The summed E-state index contributed by atoms with van der Waals surface area (Å²) in [6, 6.07) is 8.52. The van der Waals surface area contributed by atoms with E-state index in [1.807, 2.05) is 5.43 Å². The summed E-state index contributed by atoms with van der Waals surface area (Å²) >= 11 is 0. The minimum atomic E-state index is -0.785. The average Bonchev–Trinajstić information content (AvgIpc) is 2.87. The second-order valence-corrected chi connectivity index (χ2v) is 3.74. The van der Waals surface area contributed by atoms with E-state index in [1.54, 1.807) is 24.3 Å². The Morgan fingerprint density at radius 2 is 2.20 bits per heavy atom. The number of urea groups is 1. The highest BCUT2D eigenvalue weighted by molar-refractivity contribution is 5.79. The van der Waals surface area contributed by atoms with Gasteiger partial charge in [0.1, 0.15) is 11.5 Å². The number of hydrazone groups is 1. The molecule has 1 heterocycles. The van der Waals surface area contributed by atoms with E-state index in [0.29, 0.717) is 17.1 Å².